The highest BCUT2D eigenvalue weighted by Crippen LogP contribution is 2.03. The summed E-state index contributed by atoms with van der Waals surface area (Å²) in [5.74, 6) is 0. The maximum Gasteiger partial charge on any atom is 0.415 e. The number of fused-ring (bicyclic) bond motifs is 1. The summed E-state index contributed by atoms with van der Waals surface area (Å²) in [6.45, 7) is 3.45. The Morgan fingerprint density at radius 1 is 0.957 bits per heavy atom. The molecule has 23 heavy (non-hydrogen) atoms. The molecule has 0 atom stereocenters. The number of hydrogen-bond acceptors (Lipinski definition) is 7. The number of para-hydroxylation sites is 2. The Labute approximate surface area is 131 Å². The van der Waals surface area contributed by atoms with Crippen LogP contribution in [0.5, 0.6) is 0 Å². The normalized spacial score (nSPS) is 9.30. The lowest BCUT2D eigenvalue weighted by molar-refractivity contribution is 0.146. The quantitative estimate of drug-likeness (QED) is 0.763. The molecule has 4 amide bonds. The number of ether oxygens (including phenoxy) is 2. The summed E-state index contributed by atoms with van der Waals surface area (Å²) in [7, 11) is 0. The minimum atomic E-state index is -0.984. The summed E-state index contributed by atoms with van der Waals surface area (Å²) in [6, 6.07) is 6.72. The van der Waals surface area contributed by atoms with Gasteiger partial charge in [0.1, 0.15) is 11.0 Å². The van der Waals surface area contributed by atoms with Crippen molar-refractivity contribution in [2.75, 3.05) is 13.2 Å². The highest BCUT2D eigenvalue weighted by molar-refractivity contribution is 5.98. The van der Waals surface area contributed by atoms with E-state index in [1.165, 1.54) is 0 Å². The van der Waals surface area contributed by atoms with E-state index >= 15 is 0 Å². The van der Waals surface area contributed by atoms with Gasteiger partial charge in [-0.25, -0.2) is 25.0 Å². The minimum Gasteiger partial charge on any atom is -0.450 e. The summed E-state index contributed by atoms with van der Waals surface area (Å²) < 4.78 is 8.78. The molecule has 3 N–H and O–H groups in total. The Morgan fingerprint density at radius 2 is 1.39 bits per heavy atom. The van der Waals surface area contributed by atoms with Gasteiger partial charge in [-0.05, 0) is 26.0 Å². The number of hydrogen-bond donors (Lipinski definition) is 3. The zero-order valence-electron chi connectivity index (χ0n) is 12.7. The molecule has 0 unspecified atom stereocenters. The highest BCUT2D eigenvalue weighted by Gasteiger charge is 2.11. The zero-order valence-corrected chi connectivity index (χ0v) is 12.7. The second kappa shape index (κ2) is 9.71. The summed E-state index contributed by atoms with van der Waals surface area (Å²) >= 11 is 0. The largest absolute Gasteiger partial charge is 0.450 e. The molecule has 2 aromatic rings. The number of H-pyrrole nitrogens is 1. The van der Waals surface area contributed by atoms with Gasteiger partial charge in [0, 0.05) is 0 Å². The van der Waals surface area contributed by atoms with Gasteiger partial charge in [-0.15, -0.1) is 0 Å². The third-order valence-corrected chi connectivity index (χ3v) is 2.20. The number of aromatic amines is 1. The summed E-state index contributed by atoms with van der Waals surface area (Å²) in [5.41, 5.74) is 1.83. The number of urea groups is 1. The van der Waals surface area contributed by atoms with Crippen LogP contribution in [0.2, 0.25) is 0 Å². The van der Waals surface area contributed by atoms with Crippen LogP contribution < -0.4 is 10.6 Å². The Hall–Kier alpha value is -3.17. The molecule has 1 aromatic heterocycles. The van der Waals surface area contributed by atoms with E-state index in [0.29, 0.717) is 0 Å². The van der Waals surface area contributed by atoms with Crippen LogP contribution in [0.3, 0.4) is 0 Å². The Balaban J connectivity index is 0.000000248. The van der Waals surface area contributed by atoms with Crippen molar-refractivity contribution in [3.05, 3.63) is 24.3 Å². The lowest BCUT2D eigenvalue weighted by Crippen LogP contribution is -2.42. The van der Waals surface area contributed by atoms with Gasteiger partial charge in [0.15, 0.2) is 0 Å². The Morgan fingerprint density at radius 3 is 1.78 bits per heavy atom. The van der Waals surface area contributed by atoms with E-state index in [9.17, 15) is 14.4 Å². The predicted octanol–water partition coefficient (Wildman–Crippen LogP) is 1.56. The van der Waals surface area contributed by atoms with Crippen LogP contribution >= 0.6 is 0 Å². The van der Waals surface area contributed by atoms with Gasteiger partial charge < -0.3 is 9.47 Å². The number of aromatic nitrogens is 3. The van der Waals surface area contributed by atoms with E-state index in [-0.39, 0.29) is 13.2 Å². The fraction of sp³-hybridized carbons (Fsp3) is 0.308. The molecule has 0 aliphatic heterocycles. The molecule has 1 aromatic carbocycles. The molecule has 124 valence electrons. The Kier molecular flexibility index (Phi) is 7.55. The molecule has 0 bridgehead atoms. The average Bonchev–Trinajstić information content (AvgIpc) is 2.96. The number of carbonyl (C=O) groups excluding carboxylic acids is 3. The van der Waals surface area contributed by atoms with Gasteiger partial charge in [-0.1, -0.05) is 12.1 Å². The van der Waals surface area contributed by atoms with E-state index in [4.69, 9.17) is 0 Å². The SMILES string of the molecule is CCOC(=O)NC(=O)NC(=O)OCC.c1ccc2n[nH]nc2c1. The van der Waals surface area contributed by atoms with E-state index in [1.54, 1.807) is 24.5 Å². The summed E-state index contributed by atoms with van der Waals surface area (Å²) in [4.78, 5) is 32.1. The van der Waals surface area contributed by atoms with Crippen LogP contribution in [0, 0.1) is 0 Å². The molecule has 0 aliphatic carbocycles. The second-order valence-corrected chi connectivity index (χ2v) is 3.83. The number of imide groups is 2. The number of carbonyl (C=O) groups is 3. The third-order valence-electron chi connectivity index (χ3n) is 2.20. The van der Waals surface area contributed by atoms with Crippen molar-refractivity contribution in [3.63, 3.8) is 0 Å². The fourth-order valence-corrected chi connectivity index (χ4v) is 1.34. The van der Waals surface area contributed by atoms with E-state index < -0.39 is 18.2 Å². The fourth-order valence-electron chi connectivity index (χ4n) is 1.34. The molecule has 2 rings (SSSR count). The number of nitrogens with one attached hydrogen (secondary N) is 3. The van der Waals surface area contributed by atoms with E-state index in [2.05, 4.69) is 24.9 Å². The standard InChI is InChI=1S/C7H12N2O5.C6H5N3/c1-3-13-6(11)8-5(10)9-7(12)14-4-2;1-2-4-6-5(3-1)7-9-8-6/h3-4H2,1-2H3,(H2,8,9,10,11,12);1-4H,(H,7,8,9). The second-order valence-electron chi connectivity index (χ2n) is 3.83. The molecule has 0 spiro atoms. The van der Waals surface area contributed by atoms with Crippen molar-refractivity contribution in [1.82, 2.24) is 26.0 Å². The molecule has 0 aliphatic rings. The minimum absolute atomic E-state index is 0.137. The number of nitrogens with zero attached hydrogens (tertiary/aromatic N) is 2. The molecule has 0 radical (unpaired) electrons. The van der Waals surface area contributed by atoms with Crippen LogP contribution in [0.15, 0.2) is 24.3 Å². The Bertz CT molecular complexity index is 605. The van der Waals surface area contributed by atoms with Gasteiger partial charge in [-0.3, -0.25) is 0 Å². The van der Waals surface area contributed by atoms with Crippen molar-refractivity contribution in [2.45, 2.75) is 13.8 Å². The first-order valence-corrected chi connectivity index (χ1v) is 6.73. The molecular weight excluding hydrogens is 306 g/mol. The van der Waals surface area contributed by atoms with Crippen molar-refractivity contribution < 1.29 is 23.9 Å². The monoisotopic (exact) mass is 323 g/mol. The predicted molar refractivity (Wildman–Crippen MR) is 79.6 cm³/mol. The number of benzene rings is 1. The van der Waals surface area contributed by atoms with Crippen LogP contribution in [-0.4, -0.2) is 46.8 Å². The molecule has 10 nitrogen and oxygen atoms in total. The third kappa shape index (κ3) is 6.89. The average molecular weight is 323 g/mol. The highest BCUT2D eigenvalue weighted by atomic mass is 16.6. The lowest BCUT2D eigenvalue weighted by atomic mass is 10.3. The maximum atomic E-state index is 10.8. The van der Waals surface area contributed by atoms with Crippen LogP contribution in [-0.2, 0) is 9.47 Å². The van der Waals surface area contributed by atoms with Gasteiger partial charge in [-0.2, -0.15) is 15.4 Å². The van der Waals surface area contributed by atoms with Gasteiger partial charge in [0.2, 0.25) is 0 Å². The first kappa shape index (κ1) is 17.9. The molecule has 0 fully saturated rings. The van der Waals surface area contributed by atoms with Crippen molar-refractivity contribution in [3.8, 4) is 0 Å². The number of alkyl carbamates (subject to hydrolysis) is 2. The maximum absolute atomic E-state index is 10.8. The van der Waals surface area contributed by atoms with Gasteiger partial charge in [0.25, 0.3) is 0 Å². The van der Waals surface area contributed by atoms with E-state index in [1.807, 2.05) is 24.3 Å². The van der Waals surface area contributed by atoms with Crippen molar-refractivity contribution >= 4 is 29.3 Å². The van der Waals surface area contributed by atoms with Crippen molar-refractivity contribution in [2.24, 2.45) is 0 Å². The summed E-state index contributed by atoms with van der Waals surface area (Å²) in [6.07, 6.45) is -1.84. The van der Waals surface area contributed by atoms with Crippen molar-refractivity contribution in [1.29, 1.82) is 0 Å². The smallest absolute Gasteiger partial charge is 0.415 e. The molecule has 0 saturated heterocycles. The molecular formula is C13H17N5O5. The first-order valence-electron chi connectivity index (χ1n) is 6.73. The van der Waals surface area contributed by atoms with Crippen LogP contribution in [0.4, 0.5) is 14.4 Å². The van der Waals surface area contributed by atoms with E-state index in [0.717, 1.165) is 11.0 Å². The lowest BCUT2D eigenvalue weighted by Gasteiger charge is -2.04. The number of amides is 4. The van der Waals surface area contributed by atoms with Crippen LogP contribution in [0.25, 0.3) is 11.0 Å². The van der Waals surface area contributed by atoms with Crippen LogP contribution in [0.1, 0.15) is 13.8 Å². The topological polar surface area (TPSA) is 135 Å². The zero-order chi connectivity index (χ0) is 17.1. The van der Waals surface area contributed by atoms with Gasteiger partial charge in [0.05, 0.1) is 13.2 Å². The molecule has 10 heteroatoms. The molecule has 1 heterocycles. The molecule has 0 saturated carbocycles. The summed E-state index contributed by atoms with van der Waals surface area (Å²) in [5, 5.41) is 13.8. The number of rotatable bonds is 2. The first-order chi connectivity index (χ1) is 11.1. The van der Waals surface area contributed by atoms with Gasteiger partial charge >= 0.3 is 18.2 Å².